The minimum Gasteiger partial charge on any atom is -0.493 e. The summed E-state index contributed by atoms with van der Waals surface area (Å²) in [6.07, 6.45) is 0. The first-order valence-electron chi connectivity index (χ1n) is 8.68. The number of hydrogen-bond donors (Lipinski definition) is 1. The largest absolute Gasteiger partial charge is 0.493 e. The third kappa shape index (κ3) is 3.62. The molecule has 0 aliphatic rings. The van der Waals surface area contributed by atoms with E-state index in [2.05, 4.69) is 10.3 Å². The molecule has 1 N–H and O–H groups in total. The summed E-state index contributed by atoms with van der Waals surface area (Å²) < 4.78 is 22.0. The number of fused-ring (bicyclic) bond motifs is 1. The average molecular weight is 410 g/mol. The number of nitrogens with zero attached hydrogens (tertiary/aromatic N) is 1. The van der Waals surface area contributed by atoms with Gasteiger partial charge in [-0.2, -0.15) is 0 Å². The summed E-state index contributed by atoms with van der Waals surface area (Å²) in [7, 11) is 4.65. The second kappa shape index (κ2) is 7.84. The molecule has 4 aromatic rings. The van der Waals surface area contributed by atoms with Crippen LogP contribution < -0.4 is 19.5 Å². The van der Waals surface area contributed by atoms with Crippen molar-refractivity contribution in [1.29, 1.82) is 0 Å². The lowest BCUT2D eigenvalue weighted by Gasteiger charge is -2.12. The molecule has 2 heterocycles. The Morgan fingerprint density at radius 3 is 2.41 bits per heavy atom. The Morgan fingerprint density at radius 1 is 1.03 bits per heavy atom. The highest BCUT2D eigenvalue weighted by atomic mass is 32.1. The van der Waals surface area contributed by atoms with Crippen molar-refractivity contribution in [2.45, 2.75) is 0 Å². The summed E-state index contributed by atoms with van der Waals surface area (Å²) >= 11 is 1.39. The highest BCUT2D eigenvalue weighted by Crippen LogP contribution is 2.41. The highest BCUT2D eigenvalue weighted by Gasteiger charge is 2.17. The zero-order valence-corrected chi connectivity index (χ0v) is 16.8. The molecule has 0 spiro atoms. The van der Waals surface area contributed by atoms with Crippen LogP contribution in [0.4, 0.5) is 5.69 Å². The first kappa shape index (κ1) is 18.8. The van der Waals surface area contributed by atoms with E-state index >= 15 is 0 Å². The zero-order chi connectivity index (χ0) is 20.4. The third-order valence-corrected chi connectivity index (χ3v) is 5.17. The van der Waals surface area contributed by atoms with Gasteiger partial charge in [0.25, 0.3) is 5.91 Å². The lowest BCUT2D eigenvalue weighted by Crippen LogP contribution is -2.09. The highest BCUT2D eigenvalue weighted by molar-refractivity contribution is 7.12. The van der Waals surface area contributed by atoms with E-state index in [1.165, 1.54) is 11.3 Å². The smallest absolute Gasteiger partial charge is 0.265 e. The summed E-state index contributed by atoms with van der Waals surface area (Å²) in [6, 6.07) is 12.5. The van der Waals surface area contributed by atoms with Crippen molar-refractivity contribution in [2.24, 2.45) is 0 Å². The molecule has 2 aromatic carbocycles. The number of benzene rings is 2. The van der Waals surface area contributed by atoms with Gasteiger partial charge in [0, 0.05) is 11.3 Å². The summed E-state index contributed by atoms with van der Waals surface area (Å²) in [4.78, 5) is 17.4. The molecule has 0 atom stereocenters. The molecular formula is C21H18N2O5S. The molecule has 8 heteroatoms. The summed E-state index contributed by atoms with van der Waals surface area (Å²) in [5.41, 5.74) is 2.54. The Labute approximate surface area is 170 Å². The number of carbonyl (C=O) groups is 1. The first-order chi connectivity index (χ1) is 14.1. The molecule has 29 heavy (non-hydrogen) atoms. The second-order valence-corrected chi connectivity index (χ2v) is 6.99. The number of thiophene rings is 1. The van der Waals surface area contributed by atoms with Crippen LogP contribution in [0.25, 0.3) is 22.6 Å². The lowest BCUT2D eigenvalue weighted by atomic mass is 10.2. The molecule has 0 saturated carbocycles. The van der Waals surface area contributed by atoms with E-state index in [4.69, 9.17) is 18.6 Å². The van der Waals surface area contributed by atoms with Gasteiger partial charge in [-0.3, -0.25) is 4.79 Å². The Balaban J connectivity index is 1.68. The van der Waals surface area contributed by atoms with Crippen LogP contribution in [0.1, 0.15) is 9.67 Å². The number of rotatable bonds is 6. The minimum absolute atomic E-state index is 0.160. The molecule has 4 rings (SSSR count). The standard InChI is InChI=1S/C21H18N2O5S/c1-25-16-9-12(10-17(26-2)19(16)27-3)21-23-14-11-13(6-7-15(14)28-21)22-20(24)18-5-4-8-29-18/h4-11H,1-3H3,(H,22,24). The quantitative estimate of drug-likeness (QED) is 0.490. The Morgan fingerprint density at radius 2 is 1.79 bits per heavy atom. The number of carbonyl (C=O) groups excluding carboxylic acids is 1. The van der Waals surface area contributed by atoms with Crippen LogP contribution in [0.15, 0.2) is 52.3 Å². The van der Waals surface area contributed by atoms with Crippen molar-refractivity contribution >= 4 is 34.0 Å². The first-order valence-corrected chi connectivity index (χ1v) is 9.56. The number of aromatic nitrogens is 1. The van der Waals surface area contributed by atoms with Crippen molar-refractivity contribution in [3.8, 4) is 28.7 Å². The number of nitrogens with one attached hydrogen (secondary N) is 1. The van der Waals surface area contributed by atoms with Gasteiger partial charge < -0.3 is 23.9 Å². The van der Waals surface area contributed by atoms with Gasteiger partial charge in [0.05, 0.1) is 26.2 Å². The molecule has 0 fully saturated rings. The summed E-state index contributed by atoms with van der Waals surface area (Å²) in [6.45, 7) is 0. The predicted molar refractivity (Wildman–Crippen MR) is 111 cm³/mol. The summed E-state index contributed by atoms with van der Waals surface area (Å²) in [5.74, 6) is 1.75. The Kier molecular flexibility index (Phi) is 5.09. The van der Waals surface area contributed by atoms with Gasteiger partial charge in [-0.05, 0) is 41.8 Å². The SMILES string of the molecule is COc1cc(-c2nc3cc(NC(=O)c4cccs4)ccc3o2)cc(OC)c1OC. The van der Waals surface area contributed by atoms with E-state index in [-0.39, 0.29) is 5.91 Å². The van der Waals surface area contributed by atoms with Crippen molar-refractivity contribution in [1.82, 2.24) is 4.98 Å². The van der Waals surface area contributed by atoms with Gasteiger partial charge >= 0.3 is 0 Å². The van der Waals surface area contributed by atoms with E-state index in [0.29, 0.717) is 50.4 Å². The van der Waals surface area contributed by atoms with Gasteiger partial charge in [0.2, 0.25) is 11.6 Å². The number of anilines is 1. The predicted octanol–water partition coefficient (Wildman–Crippen LogP) is 4.83. The van der Waals surface area contributed by atoms with Gasteiger partial charge in [-0.15, -0.1) is 11.3 Å². The number of hydrogen-bond acceptors (Lipinski definition) is 7. The van der Waals surface area contributed by atoms with Crippen molar-refractivity contribution in [3.63, 3.8) is 0 Å². The van der Waals surface area contributed by atoms with Gasteiger partial charge in [0.1, 0.15) is 5.52 Å². The van der Waals surface area contributed by atoms with Crippen LogP contribution in [0, 0.1) is 0 Å². The summed E-state index contributed by atoms with van der Waals surface area (Å²) in [5, 5.41) is 4.73. The molecule has 148 valence electrons. The van der Waals surface area contributed by atoms with Crippen LogP contribution >= 0.6 is 11.3 Å². The fourth-order valence-electron chi connectivity index (χ4n) is 2.93. The molecular weight excluding hydrogens is 392 g/mol. The van der Waals surface area contributed by atoms with Crippen molar-refractivity contribution in [3.05, 3.63) is 52.7 Å². The molecule has 0 radical (unpaired) electrons. The fraction of sp³-hybridized carbons (Fsp3) is 0.143. The van der Waals surface area contributed by atoms with Crippen LogP contribution in [-0.2, 0) is 0 Å². The maximum absolute atomic E-state index is 12.3. The Hall–Kier alpha value is -3.52. The van der Waals surface area contributed by atoms with Gasteiger partial charge in [0.15, 0.2) is 17.1 Å². The number of ether oxygens (including phenoxy) is 3. The number of methoxy groups -OCH3 is 3. The molecule has 1 amide bonds. The van der Waals surface area contributed by atoms with E-state index in [1.54, 1.807) is 57.7 Å². The molecule has 0 aliphatic carbocycles. The molecule has 7 nitrogen and oxygen atoms in total. The van der Waals surface area contributed by atoms with Crippen LogP contribution in [0.2, 0.25) is 0 Å². The Bertz CT molecular complexity index is 1140. The minimum atomic E-state index is -0.160. The van der Waals surface area contributed by atoms with Crippen molar-refractivity contribution < 1.29 is 23.4 Å². The molecule has 0 unspecified atom stereocenters. The molecule has 2 aromatic heterocycles. The van der Waals surface area contributed by atoms with E-state index in [1.807, 2.05) is 11.4 Å². The zero-order valence-electron chi connectivity index (χ0n) is 16.0. The topological polar surface area (TPSA) is 82.8 Å². The average Bonchev–Trinajstić information content (AvgIpc) is 3.42. The molecule has 0 bridgehead atoms. The molecule has 0 saturated heterocycles. The van der Waals surface area contributed by atoms with Crippen LogP contribution in [-0.4, -0.2) is 32.2 Å². The lowest BCUT2D eigenvalue weighted by molar-refractivity contribution is 0.103. The normalized spacial score (nSPS) is 10.7. The maximum atomic E-state index is 12.3. The second-order valence-electron chi connectivity index (χ2n) is 6.05. The van der Waals surface area contributed by atoms with E-state index < -0.39 is 0 Å². The number of amides is 1. The monoisotopic (exact) mass is 410 g/mol. The van der Waals surface area contributed by atoms with Gasteiger partial charge in [-0.1, -0.05) is 6.07 Å². The molecule has 0 aliphatic heterocycles. The van der Waals surface area contributed by atoms with Crippen molar-refractivity contribution in [2.75, 3.05) is 26.6 Å². The van der Waals surface area contributed by atoms with E-state index in [9.17, 15) is 4.79 Å². The van der Waals surface area contributed by atoms with Crippen LogP contribution in [0.5, 0.6) is 17.2 Å². The maximum Gasteiger partial charge on any atom is 0.265 e. The van der Waals surface area contributed by atoms with Crippen LogP contribution in [0.3, 0.4) is 0 Å². The fourth-order valence-corrected chi connectivity index (χ4v) is 3.55. The number of oxazole rings is 1. The third-order valence-electron chi connectivity index (χ3n) is 4.30. The van der Waals surface area contributed by atoms with E-state index in [0.717, 1.165) is 0 Å². The van der Waals surface area contributed by atoms with Gasteiger partial charge in [-0.25, -0.2) is 4.98 Å².